The Morgan fingerprint density at radius 3 is 2.72 bits per heavy atom. The van der Waals surface area contributed by atoms with E-state index in [0.29, 0.717) is 0 Å². The lowest BCUT2D eigenvalue weighted by Gasteiger charge is -2.08. The number of aliphatic imine (C=N–C) groups is 1. The molecule has 2 heterocycles. The topological polar surface area (TPSA) is 54.4 Å². The lowest BCUT2D eigenvalue weighted by atomic mass is 10.0. The summed E-state index contributed by atoms with van der Waals surface area (Å²) in [5.41, 5.74) is 3.22. The molecule has 1 N–H and O–H groups in total. The fraction of sp³-hybridized carbons (Fsp3) is 0.0714. The van der Waals surface area contributed by atoms with E-state index in [9.17, 15) is 4.79 Å². The molecule has 18 heavy (non-hydrogen) atoms. The summed E-state index contributed by atoms with van der Waals surface area (Å²) in [4.78, 5) is 20.2. The zero-order valence-corrected chi connectivity index (χ0v) is 9.63. The van der Waals surface area contributed by atoms with E-state index in [-0.39, 0.29) is 12.5 Å². The van der Waals surface area contributed by atoms with Gasteiger partial charge in [0, 0.05) is 11.8 Å². The summed E-state index contributed by atoms with van der Waals surface area (Å²) in [6.07, 6.45) is 1.72. The number of nitrogens with one attached hydrogen (secondary N) is 1. The first-order valence-electron chi connectivity index (χ1n) is 5.70. The predicted molar refractivity (Wildman–Crippen MR) is 69.8 cm³/mol. The monoisotopic (exact) mass is 237 g/mol. The van der Waals surface area contributed by atoms with Crippen LogP contribution >= 0.6 is 0 Å². The number of benzodiazepines with no additional fused rings is 1. The van der Waals surface area contributed by atoms with E-state index in [4.69, 9.17) is 0 Å². The summed E-state index contributed by atoms with van der Waals surface area (Å²) < 4.78 is 0. The number of pyridine rings is 1. The van der Waals surface area contributed by atoms with Gasteiger partial charge >= 0.3 is 0 Å². The van der Waals surface area contributed by atoms with E-state index >= 15 is 0 Å². The Bertz CT molecular complexity index is 620. The van der Waals surface area contributed by atoms with Gasteiger partial charge in [-0.2, -0.15) is 0 Å². The first-order chi connectivity index (χ1) is 8.84. The first-order valence-corrected chi connectivity index (χ1v) is 5.70. The summed E-state index contributed by atoms with van der Waals surface area (Å²) in [6, 6.07) is 13.3. The number of fused-ring (bicyclic) bond motifs is 1. The SMILES string of the molecule is O=C1CN=C(c2ccccn2)c2ccccc2N1. The zero-order chi connectivity index (χ0) is 12.4. The van der Waals surface area contributed by atoms with Gasteiger partial charge in [-0.05, 0) is 18.2 Å². The number of hydrogen-bond donors (Lipinski definition) is 1. The number of amides is 1. The van der Waals surface area contributed by atoms with Crippen molar-refractivity contribution in [1.29, 1.82) is 0 Å². The molecule has 2 aromatic rings. The second-order valence-electron chi connectivity index (χ2n) is 3.97. The maximum atomic E-state index is 11.6. The molecular weight excluding hydrogens is 226 g/mol. The molecule has 0 spiro atoms. The van der Waals surface area contributed by atoms with Crippen LogP contribution in [0.3, 0.4) is 0 Å². The molecule has 0 bridgehead atoms. The molecule has 1 aliphatic heterocycles. The molecule has 3 rings (SSSR count). The highest BCUT2D eigenvalue weighted by molar-refractivity contribution is 6.18. The van der Waals surface area contributed by atoms with Gasteiger partial charge < -0.3 is 5.32 Å². The maximum Gasteiger partial charge on any atom is 0.246 e. The normalized spacial score (nSPS) is 14.2. The quantitative estimate of drug-likeness (QED) is 0.823. The number of carbonyl (C=O) groups is 1. The smallest absolute Gasteiger partial charge is 0.246 e. The number of anilines is 1. The van der Waals surface area contributed by atoms with Crippen LogP contribution in [0.5, 0.6) is 0 Å². The van der Waals surface area contributed by atoms with Gasteiger partial charge in [-0.15, -0.1) is 0 Å². The summed E-state index contributed by atoms with van der Waals surface area (Å²) in [7, 11) is 0. The molecule has 1 amide bonds. The summed E-state index contributed by atoms with van der Waals surface area (Å²) in [5, 5.41) is 2.84. The minimum absolute atomic E-state index is 0.103. The van der Waals surface area contributed by atoms with Gasteiger partial charge in [-0.25, -0.2) is 0 Å². The van der Waals surface area contributed by atoms with Crippen molar-refractivity contribution in [2.75, 3.05) is 11.9 Å². The Balaban J connectivity index is 2.17. The van der Waals surface area contributed by atoms with E-state index in [0.717, 1.165) is 22.7 Å². The predicted octanol–water partition coefficient (Wildman–Crippen LogP) is 1.87. The average Bonchev–Trinajstić information content (AvgIpc) is 2.58. The molecule has 1 aromatic heterocycles. The van der Waals surface area contributed by atoms with Crippen LogP contribution in [-0.4, -0.2) is 23.1 Å². The number of rotatable bonds is 1. The molecule has 1 aliphatic rings. The lowest BCUT2D eigenvalue weighted by molar-refractivity contribution is -0.114. The van der Waals surface area contributed by atoms with E-state index in [2.05, 4.69) is 15.3 Å². The summed E-state index contributed by atoms with van der Waals surface area (Å²) in [5.74, 6) is -0.103. The second kappa shape index (κ2) is 4.41. The zero-order valence-electron chi connectivity index (χ0n) is 9.63. The fourth-order valence-electron chi connectivity index (χ4n) is 1.95. The molecule has 4 heteroatoms. The molecular formula is C14H11N3O. The molecule has 0 radical (unpaired) electrons. The number of para-hydroxylation sites is 1. The van der Waals surface area contributed by atoms with Crippen molar-refractivity contribution in [3.63, 3.8) is 0 Å². The van der Waals surface area contributed by atoms with Gasteiger partial charge in [-0.1, -0.05) is 24.3 Å². The lowest BCUT2D eigenvalue weighted by Crippen LogP contribution is -2.13. The average molecular weight is 237 g/mol. The highest BCUT2D eigenvalue weighted by atomic mass is 16.1. The maximum absolute atomic E-state index is 11.6. The summed E-state index contributed by atoms with van der Waals surface area (Å²) >= 11 is 0. The van der Waals surface area contributed by atoms with Crippen molar-refractivity contribution in [2.24, 2.45) is 4.99 Å². The third-order valence-electron chi connectivity index (χ3n) is 2.74. The molecule has 0 saturated carbocycles. The van der Waals surface area contributed by atoms with Crippen LogP contribution in [0.15, 0.2) is 53.7 Å². The second-order valence-corrected chi connectivity index (χ2v) is 3.97. The van der Waals surface area contributed by atoms with Crippen LogP contribution in [0.1, 0.15) is 11.3 Å². The number of nitrogens with zero attached hydrogens (tertiary/aromatic N) is 2. The standard InChI is InChI=1S/C14H11N3O/c18-13-9-16-14(12-7-3-4-8-15-12)10-5-1-2-6-11(10)17-13/h1-8H,9H2,(H,17,18). The van der Waals surface area contributed by atoms with Crippen molar-refractivity contribution < 1.29 is 4.79 Å². The van der Waals surface area contributed by atoms with Gasteiger partial charge in [0.2, 0.25) is 5.91 Å². The highest BCUT2D eigenvalue weighted by Crippen LogP contribution is 2.21. The largest absolute Gasteiger partial charge is 0.324 e. The highest BCUT2D eigenvalue weighted by Gasteiger charge is 2.17. The fourth-order valence-corrected chi connectivity index (χ4v) is 1.95. The molecule has 0 saturated heterocycles. The Hall–Kier alpha value is -2.49. The van der Waals surface area contributed by atoms with E-state index in [1.54, 1.807) is 6.20 Å². The molecule has 0 atom stereocenters. The summed E-state index contributed by atoms with van der Waals surface area (Å²) in [6.45, 7) is 0.126. The van der Waals surface area contributed by atoms with E-state index in [1.807, 2.05) is 42.5 Å². The van der Waals surface area contributed by atoms with Gasteiger partial charge in [-0.3, -0.25) is 14.8 Å². The third-order valence-corrected chi connectivity index (χ3v) is 2.74. The van der Waals surface area contributed by atoms with Crippen molar-refractivity contribution in [3.05, 3.63) is 59.9 Å². The number of hydrogen-bond acceptors (Lipinski definition) is 3. The van der Waals surface area contributed by atoms with E-state index < -0.39 is 0 Å². The Morgan fingerprint density at radius 1 is 1.06 bits per heavy atom. The molecule has 0 aliphatic carbocycles. The van der Waals surface area contributed by atoms with Crippen LogP contribution in [0.2, 0.25) is 0 Å². The molecule has 0 unspecified atom stereocenters. The van der Waals surface area contributed by atoms with Gasteiger partial charge in [0.15, 0.2) is 0 Å². The minimum Gasteiger partial charge on any atom is -0.324 e. The number of aromatic nitrogens is 1. The minimum atomic E-state index is -0.103. The Morgan fingerprint density at radius 2 is 1.89 bits per heavy atom. The van der Waals surface area contributed by atoms with Crippen LogP contribution < -0.4 is 5.32 Å². The van der Waals surface area contributed by atoms with Crippen molar-refractivity contribution in [2.45, 2.75) is 0 Å². The van der Waals surface area contributed by atoms with Crippen molar-refractivity contribution >= 4 is 17.3 Å². The van der Waals surface area contributed by atoms with Crippen LogP contribution in [0.4, 0.5) is 5.69 Å². The van der Waals surface area contributed by atoms with Gasteiger partial charge in [0.05, 0.1) is 17.1 Å². The van der Waals surface area contributed by atoms with Gasteiger partial charge in [0.1, 0.15) is 6.54 Å². The van der Waals surface area contributed by atoms with E-state index in [1.165, 1.54) is 0 Å². The molecule has 4 nitrogen and oxygen atoms in total. The van der Waals surface area contributed by atoms with Gasteiger partial charge in [0.25, 0.3) is 0 Å². The molecule has 1 aromatic carbocycles. The third kappa shape index (κ3) is 1.88. The number of benzene rings is 1. The Labute approximate surface area is 104 Å². The molecule has 88 valence electrons. The molecule has 0 fully saturated rings. The van der Waals surface area contributed by atoms with Crippen molar-refractivity contribution in [3.8, 4) is 0 Å². The number of carbonyl (C=O) groups excluding carboxylic acids is 1. The Kier molecular flexibility index (Phi) is 2.61. The van der Waals surface area contributed by atoms with Crippen LogP contribution in [0, 0.1) is 0 Å². The van der Waals surface area contributed by atoms with Crippen molar-refractivity contribution in [1.82, 2.24) is 4.98 Å². The van der Waals surface area contributed by atoms with Crippen LogP contribution in [0.25, 0.3) is 0 Å². The first kappa shape index (κ1) is 10.7. The van der Waals surface area contributed by atoms with Crippen LogP contribution in [-0.2, 0) is 4.79 Å².